The minimum Gasteiger partial charge on any atom is -0.480 e. The van der Waals surface area contributed by atoms with Crippen molar-refractivity contribution in [2.75, 3.05) is 25.0 Å². The largest absolute Gasteiger partial charge is 0.480 e. The van der Waals surface area contributed by atoms with Gasteiger partial charge in [-0.3, -0.25) is 9.69 Å². The Morgan fingerprint density at radius 2 is 2.05 bits per heavy atom. The van der Waals surface area contributed by atoms with Crippen LogP contribution in [0, 0.1) is 0 Å². The molecular formula is C14H19ClN2O4. The van der Waals surface area contributed by atoms with Crippen molar-refractivity contribution in [2.45, 2.75) is 19.4 Å². The molecular weight excluding hydrogens is 296 g/mol. The van der Waals surface area contributed by atoms with Crippen LogP contribution in [-0.4, -0.2) is 53.4 Å². The summed E-state index contributed by atoms with van der Waals surface area (Å²) < 4.78 is 0. The zero-order chi connectivity index (χ0) is 16.0. The van der Waals surface area contributed by atoms with Crippen molar-refractivity contribution in [2.24, 2.45) is 0 Å². The molecule has 0 bridgehead atoms. The molecule has 0 radical (unpaired) electrons. The van der Waals surface area contributed by atoms with Crippen LogP contribution in [0.3, 0.4) is 0 Å². The average molecular weight is 315 g/mol. The molecule has 0 spiro atoms. The second-order valence-electron chi connectivity index (χ2n) is 4.80. The lowest BCUT2D eigenvalue weighted by Gasteiger charge is -2.27. The Balaban J connectivity index is 2.91. The zero-order valence-corrected chi connectivity index (χ0v) is 12.7. The number of amides is 2. The lowest BCUT2D eigenvalue weighted by molar-refractivity contribution is -0.135. The van der Waals surface area contributed by atoms with E-state index in [-0.39, 0.29) is 0 Å². The molecule has 0 aliphatic rings. The van der Waals surface area contributed by atoms with Gasteiger partial charge in [-0.2, -0.15) is 0 Å². The molecule has 21 heavy (non-hydrogen) atoms. The second-order valence-corrected chi connectivity index (χ2v) is 5.24. The highest BCUT2D eigenvalue weighted by molar-refractivity contribution is 6.30. The first-order chi connectivity index (χ1) is 9.81. The van der Waals surface area contributed by atoms with Crippen LogP contribution in [0.15, 0.2) is 24.3 Å². The molecule has 0 aliphatic heterocycles. The van der Waals surface area contributed by atoms with Gasteiger partial charge >= 0.3 is 12.0 Å². The Morgan fingerprint density at radius 1 is 1.38 bits per heavy atom. The molecule has 0 aromatic heterocycles. The third-order valence-corrected chi connectivity index (χ3v) is 3.09. The number of urea groups is 1. The van der Waals surface area contributed by atoms with Gasteiger partial charge in [0, 0.05) is 24.3 Å². The number of carbonyl (C=O) groups is 2. The molecule has 0 saturated carbocycles. The number of aliphatic carboxylic acids is 1. The van der Waals surface area contributed by atoms with Gasteiger partial charge in [-0.15, -0.1) is 0 Å². The van der Waals surface area contributed by atoms with Gasteiger partial charge in [0.2, 0.25) is 0 Å². The molecule has 0 heterocycles. The number of carbonyl (C=O) groups excluding carboxylic acids is 1. The van der Waals surface area contributed by atoms with Crippen LogP contribution in [0.5, 0.6) is 0 Å². The van der Waals surface area contributed by atoms with Gasteiger partial charge in [0.05, 0.1) is 6.10 Å². The summed E-state index contributed by atoms with van der Waals surface area (Å²) in [6, 6.07) is 5.99. The van der Waals surface area contributed by atoms with Crippen LogP contribution in [0.1, 0.15) is 13.3 Å². The van der Waals surface area contributed by atoms with Crippen molar-refractivity contribution in [1.82, 2.24) is 4.90 Å². The van der Waals surface area contributed by atoms with E-state index in [0.717, 1.165) is 4.90 Å². The standard InChI is InChI=1S/C14H19ClN2O4/c1-10(18)6-7-16(2)14(21)17(9-13(19)20)12-5-3-4-11(15)8-12/h3-5,8,10,18H,6-7,9H2,1-2H3,(H,19,20). The first-order valence-electron chi connectivity index (χ1n) is 6.49. The van der Waals surface area contributed by atoms with Gasteiger partial charge in [0.1, 0.15) is 6.54 Å². The Labute approximate surface area is 128 Å². The summed E-state index contributed by atoms with van der Waals surface area (Å²) >= 11 is 5.88. The topological polar surface area (TPSA) is 81.1 Å². The van der Waals surface area contributed by atoms with Crippen LogP contribution >= 0.6 is 11.6 Å². The van der Waals surface area contributed by atoms with Gasteiger partial charge in [-0.1, -0.05) is 17.7 Å². The summed E-state index contributed by atoms with van der Waals surface area (Å²) in [5.41, 5.74) is 0.416. The fraction of sp³-hybridized carbons (Fsp3) is 0.429. The van der Waals surface area contributed by atoms with E-state index in [2.05, 4.69) is 0 Å². The number of aliphatic hydroxyl groups excluding tert-OH is 1. The molecule has 116 valence electrons. The lowest BCUT2D eigenvalue weighted by Crippen LogP contribution is -2.44. The van der Waals surface area contributed by atoms with Crippen molar-refractivity contribution in [3.8, 4) is 0 Å². The van der Waals surface area contributed by atoms with Crippen molar-refractivity contribution in [1.29, 1.82) is 0 Å². The summed E-state index contributed by atoms with van der Waals surface area (Å²) in [5, 5.41) is 18.7. The van der Waals surface area contributed by atoms with E-state index in [1.54, 1.807) is 32.2 Å². The number of anilines is 1. The van der Waals surface area contributed by atoms with E-state index in [1.165, 1.54) is 11.0 Å². The molecule has 1 atom stereocenters. The fourth-order valence-corrected chi connectivity index (χ4v) is 1.92. The van der Waals surface area contributed by atoms with Crippen LogP contribution < -0.4 is 4.90 Å². The lowest BCUT2D eigenvalue weighted by atomic mass is 10.2. The molecule has 2 amide bonds. The quantitative estimate of drug-likeness (QED) is 0.842. The predicted molar refractivity (Wildman–Crippen MR) is 80.8 cm³/mol. The predicted octanol–water partition coefficient (Wildman–Crippen LogP) is 2.05. The van der Waals surface area contributed by atoms with E-state index in [0.29, 0.717) is 23.7 Å². The average Bonchev–Trinajstić information content (AvgIpc) is 2.41. The Hall–Kier alpha value is -1.79. The van der Waals surface area contributed by atoms with Gasteiger partial charge in [0.25, 0.3) is 0 Å². The zero-order valence-electron chi connectivity index (χ0n) is 12.0. The van der Waals surface area contributed by atoms with Crippen LogP contribution in [0.2, 0.25) is 5.02 Å². The minimum absolute atomic E-state index is 0.327. The highest BCUT2D eigenvalue weighted by Gasteiger charge is 2.22. The first-order valence-corrected chi connectivity index (χ1v) is 6.87. The summed E-state index contributed by atoms with van der Waals surface area (Å²) in [6.07, 6.45) is -0.113. The third-order valence-electron chi connectivity index (χ3n) is 2.85. The maximum Gasteiger partial charge on any atom is 0.324 e. The molecule has 1 unspecified atom stereocenters. The third kappa shape index (κ3) is 5.61. The smallest absolute Gasteiger partial charge is 0.324 e. The van der Waals surface area contributed by atoms with E-state index in [1.807, 2.05) is 0 Å². The molecule has 6 nitrogen and oxygen atoms in total. The maximum atomic E-state index is 12.4. The Kier molecular flexibility index (Phi) is 6.45. The SMILES string of the molecule is CC(O)CCN(C)C(=O)N(CC(=O)O)c1cccc(Cl)c1. The van der Waals surface area contributed by atoms with E-state index in [4.69, 9.17) is 16.7 Å². The number of hydrogen-bond donors (Lipinski definition) is 2. The number of carboxylic acid groups (broad SMARTS) is 1. The second kappa shape index (κ2) is 7.85. The molecule has 0 aliphatic carbocycles. The molecule has 0 saturated heterocycles. The van der Waals surface area contributed by atoms with Gasteiger partial charge in [-0.25, -0.2) is 4.79 Å². The van der Waals surface area contributed by atoms with Crippen LogP contribution in [0.25, 0.3) is 0 Å². The number of aliphatic hydroxyl groups is 1. The summed E-state index contributed by atoms with van der Waals surface area (Å²) in [5.74, 6) is -1.12. The Morgan fingerprint density at radius 3 is 2.57 bits per heavy atom. The molecule has 7 heteroatoms. The van der Waals surface area contributed by atoms with Crippen molar-refractivity contribution >= 4 is 29.3 Å². The summed E-state index contributed by atoms with van der Waals surface area (Å²) in [4.78, 5) is 25.8. The number of halogens is 1. The number of benzene rings is 1. The van der Waals surface area contributed by atoms with Crippen molar-refractivity contribution < 1.29 is 19.8 Å². The molecule has 1 aromatic rings. The number of hydrogen-bond acceptors (Lipinski definition) is 3. The van der Waals surface area contributed by atoms with Gasteiger partial charge in [-0.05, 0) is 31.5 Å². The first kappa shape index (κ1) is 17.3. The minimum atomic E-state index is -1.12. The van der Waals surface area contributed by atoms with E-state index < -0.39 is 24.6 Å². The molecule has 2 N–H and O–H groups in total. The Bertz CT molecular complexity index is 508. The van der Waals surface area contributed by atoms with Crippen molar-refractivity contribution in [3.05, 3.63) is 29.3 Å². The number of nitrogens with zero attached hydrogens (tertiary/aromatic N) is 2. The highest BCUT2D eigenvalue weighted by Crippen LogP contribution is 2.20. The van der Waals surface area contributed by atoms with E-state index in [9.17, 15) is 14.7 Å². The van der Waals surface area contributed by atoms with Crippen LogP contribution in [0.4, 0.5) is 10.5 Å². The maximum absolute atomic E-state index is 12.4. The number of carboxylic acids is 1. The summed E-state index contributed by atoms with van der Waals surface area (Å²) in [6.45, 7) is 1.50. The van der Waals surface area contributed by atoms with Crippen molar-refractivity contribution in [3.63, 3.8) is 0 Å². The molecule has 1 aromatic carbocycles. The number of rotatable bonds is 6. The van der Waals surface area contributed by atoms with E-state index >= 15 is 0 Å². The summed E-state index contributed by atoms with van der Waals surface area (Å²) in [7, 11) is 1.56. The highest BCUT2D eigenvalue weighted by atomic mass is 35.5. The fourth-order valence-electron chi connectivity index (χ4n) is 1.73. The monoisotopic (exact) mass is 314 g/mol. The molecule has 0 fully saturated rings. The molecule has 1 rings (SSSR count). The van der Waals surface area contributed by atoms with Crippen LogP contribution in [-0.2, 0) is 4.79 Å². The normalized spacial score (nSPS) is 11.8. The van der Waals surface area contributed by atoms with Gasteiger partial charge in [0.15, 0.2) is 0 Å². The van der Waals surface area contributed by atoms with Gasteiger partial charge < -0.3 is 15.1 Å².